The Labute approximate surface area is 223 Å². The molecule has 0 spiro atoms. The molecule has 12 heteroatoms. The van der Waals surface area contributed by atoms with E-state index < -0.39 is 26.9 Å². The average Bonchev–Trinajstić information content (AvgIpc) is 3.53. The molecule has 1 aliphatic carbocycles. The highest BCUT2D eigenvalue weighted by Crippen LogP contribution is 2.46. The van der Waals surface area contributed by atoms with E-state index in [1.807, 2.05) is 6.08 Å². The van der Waals surface area contributed by atoms with E-state index in [-0.39, 0.29) is 36.8 Å². The fourth-order valence-corrected chi connectivity index (χ4v) is 7.25. The first-order chi connectivity index (χ1) is 18.2. The Bertz CT molecular complexity index is 1540. The summed E-state index contributed by atoms with van der Waals surface area (Å²) < 4.78 is 57.1. The van der Waals surface area contributed by atoms with Gasteiger partial charge in [0.25, 0.3) is 0 Å². The van der Waals surface area contributed by atoms with E-state index in [9.17, 15) is 22.0 Å². The molecule has 2 fully saturated rings. The van der Waals surface area contributed by atoms with E-state index in [0.717, 1.165) is 16.8 Å². The van der Waals surface area contributed by atoms with Gasteiger partial charge in [0.1, 0.15) is 22.7 Å². The molecule has 0 N–H and O–H groups in total. The second-order valence-corrected chi connectivity index (χ2v) is 12.2. The molecule has 0 amide bonds. The fraction of sp³-hybridized carbons (Fsp3) is 0.346. The molecule has 198 valence electrons. The first-order valence-electron chi connectivity index (χ1n) is 12.3. The third kappa shape index (κ3) is 4.13. The van der Waals surface area contributed by atoms with Gasteiger partial charge in [-0.05, 0) is 78.9 Å². The molecule has 4 heterocycles. The van der Waals surface area contributed by atoms with Crippen molar-refractivity contribution < 1.29 is 22.0 Å². The molecule has 0 bridgehead atoms. The number of hydrogen-bond acceptors (Lipinski definition) is 6. The molecule has 2 aliphatic heterocycles. The van der Waals surface area contributed by atoms with Crippen LogP contribution in [0, 0.1) is 11.2 Å². The Morgan fingerprint density at radius 1 is 1.11 bits per heavy atom. The lowest BCUT2D eigenvalue weighted by molar-refractivity contribution is -0.119. The molecule has 2 unspecified atom stereocenters. The normalized spacial score (nSPS) is 23.6. The number of aromatic nitrogens is 3. The summed E-state index contributed by atoms with van der Waals surface area (Å²) >= 11 is 6.18. The maximum absolute atomic E-state index is 13.6. The summed E-state index contributed by atoms with van der Waals surface area (Å²) in [6, 6.07) is 8.97. The van der Waals surface area contributed by atoms with E-state index >= 15 is 0 Å². The quantitative estimate of drug-likeness (QED) is 0.443. The monoisotopic (exact) mass is 559 g/mol. The molecular weight excluding hydrogens is 536 g/mol. The van der Waals surface area contributed by atoms with Crippen LogP contribution in [-0.2, 0) is 21.2 Å². The highest BCUT2D eigenvalue weighted by atomic mass is 35.5. The number of carbonyl (C=O) groups excluding carboxylic acids is 1. The number of nitrogens with zero attached hydrogens (tertiary/aromatic N) is 5. The zero-order chi connectivity index (χ0) is 26.7. The van der Waals surface area contributed by atoms with Gasteiger partial charge in [-0.1, -0.05) is 5.57 Å². The fourth-order valence-electron chi connectivity index (χ4n) is 5.56. The molecule has 2 saturated heterocycles. The Kier molecular flexibility index (Phi) is 6.12. The van der Waals surface area contributed by atoms with Crippen molar-refractivity contribution in [2.75, 3.05) is 31.1 Å². The average molecular weight is 560 g/mol. The zero-order valence-corrected chi connectivity index (χ0v) is 21.8. The Morgan fingerprint density at radius 3 is 2.55 bits per heavy atom. The van der Waals surface area contributed by atoms with Gasteiger partial charge in [-0.15, -0.1) is 0 Å². The maximum Gasteiger partial charge on any atom is 0.244 e. The molecule has 6 rings (SSSR count). The van der Waals surface area contributed by atoms with Crippen LogP contribution < -0.4 is 4.90 Å². The van der Waals surface area contributed by atoms with Crippen molar-refractivity contribution in [3.63, 3.8) is 0 Å². The van der Waals surface area contributed by atoms with Crippen molar-refractivity contribution in [1.29, 1.82) is 0 Å². The number of anilines is 1. The van der Waals surface area contributed by atoms with Gasteiger partial charge in [0.15, 0.2) is 0 Å². The van der Waals surface area contributed by atoms with Gasteiger partial charge in [-0.3, -0.25) is 4.79 Å². The van der Waals surface area contributed by atoms with Gasteiger partial charge in [0.05, 0.1) is 29.5 Å². The molecule has 1 aromatic carbocycles. The number of piperidine rings is 1. The predicted molar refractivity (Wildman–Crippen MR) is 138 cm³/mol. The third-order valence-corrected chi connectivity index (χ3v) is 9.83. The number of hydrogen-bond donors (Lipinski definition) is 0. The van der Waals surface area contributed by atoms with E-state index in [2.05, 4.69) is 10.1 Å². The van der Waals surface area contributed by atoms with Crippen LogP contribution in [0.3, 0.4) is 0 Å². The van der Waals surface area contributed by atoms with E-state index in [0.29, 0.717) is 30.9 Å². The van der Waals surface area contributed by atoms with Crippen LogP contribution in [0.5, 0.6) is 0 Å². The van der Waals surface area contributed by atoms with Crippen molar-refractivity contribution in [2.24, 2.45) is 5.41 Å². The Hall–Kier alpha value is -3.15. The van der Waals surface area contributed by atoms with Crippen LogP contribution in [-0.4, -0.2) is 65.1 Å². The van der Waals surface area contributed by atoms with E-state index in [4.69, 9.17) is 11.6 Å². The van der Waals surface area contributed by atoms with Gasteiger partial charge >= 0.3 is 0 Å². The van der Waals surface area contributed by atoms with Crippen LogP contribution in [0.1, 0.15) is 24.1 Å². The molecular formula is C26H24ClF2N5O3S. The summed E-state index contributed by atoms with van der Waals surface area (Å²) in [7, 11) is -3.97. The first kappa shape index (κ1) is 25.1. The standard InChI is InChI=1S/C26H24ClF2N5O3S/c27-25(35)26-12-17-13-31-34(21-3-1-19(28)2-4-21)23(17)11-18(26)7-10-33(16-26)38(36,37)22-5-6-24(30-14-22)32-9-8-20(29)15-32/h1-6,11,13-14,20H,7-10,12,15-16H2. The van der Waals surface area contributed by atoms with Crippen molar-refractivity contribution in [1.82, 2.24) is 19.1 Å². The molecule has 3 aromatic rings. The second-order valence-electron chi connectivity index (χ2n) is 9.92. The molecule has 3 aliphatic rings. The number of carbonyl (C=O) groups is 1. The predicted octanol–water partition coefficient (Wildman–Crippen LogP) is 3.74. The summed E-state index contributed by atoms with van der Waals surface area (Å²) in [5.74, 6) is 0.168. The summed E-state index contributed by atoms with van der Waals surface area (Å²) in [6.07, 6.45) is 4.77. The van der Waals surface area contributed by atoms with E-state index in [1.54, 1.807) is 34.0 Å². The SMILES string of the molecule is O=C(Cl)C12Cc3cnn(-c4ccc(F)cc4)c3C=C1CCN(S(=O)(=O)c1ccc(N3CCC(F)C3)nc1)C2. The first-order valence-corrected chi connectivity index (χ1v) is 14.1. The number of benzene rings is 1. The number of alkyl halides is 1. The number of sulfonamides is 1. The number of pyridine rings is 1. The summed E-state index contributed by atoms with van der Waals surface area (Å²) in [6.45, 7) is 0.821. The third-order valence-electron chi connectivity index (χ3n) is 7.64. The lowest BCUT2D eigenvalue weighted by Crippen LogP contribution is -2.52. The highest BCUT2D eigenvalue weighted by molar-refractivity contribution is 7.89. The number of fused-ring (bicyclic) bond motifs is 2. The molecule has 2 atom stereocenters. The van der Waals surface area contributed by atoms with Gasteiger partial charge in [-0.25, -0.2) is 26.9 Å². The van der Waals surface area contributed by atoms with Gasteiger partial charge in [0, 0.05) is 25.8 Å². The van der Waals surface area contributed by atoms with Crippen LogP contribution in [0.2, 0.25) is 0 Å². The summed E-state index contributed by atoms with van der Waals surface area (Å²) in [5, 5.41) is 3.80. The minimum absolute atomic E-state index is 0.00229. The summed E-state index contributed by atoms with van der Waals surface area (Å²) in [4.78, 5) is 18.9. The molecule has 0 radical (unpaired) electrons. The van der Waals surface area contributed by atoms with Crippen LogP contribution in [0.25, 0.3) is 11.8 Å². The van der Waals surface area contributed by atoms with Crippen molar-refractivity contribution >= 4 is 38.8 Å². The van der Waals surface area contributed by atoms with Crippen molar-refractivity contribution in [3.8, 4) is 5.69 Å². The molecule has 2 aromatic heterocycles. The molecule has 0 saturated carbocycles. The smallest absolute Gasteiger partial charge is 0.244 e. The van der Waals surface area contributed by atoms with Crippen molar-refractivity contribution in [2.45, 2.75) is 30.3 Å². The minimum Gasteiger partial charge on any atom is -0.354 e. The largest absolute Gasteiger partial charge is 0.354 e. The highest BCUT2D eigenvalue weighted by Gasteiger charge is 2.50. The van der Waals surface area contributed by atoms with Gasteiger partial charge in [-0.2, -0.15) is 9.40 Å². The van der Waals surface area contributed by atoms with Gasteiger partial charge < -0.3 is 4.90 Å². The lowest BCUT2D eigenvalue weighted by Gasteiger charge is -2.43. The zero-order valence-electron chi connectivity index (χ0n) is 20.2. The summed E-state index contributed by atoms with van der Waals surface area (Å²) in [5.41, 5.74) is 1.68. The minimum atomic E-state index is -3.97. The van der Waals surface area contributed by atoms with Gasteiger partial charge in [0.2, 0.25) is 15.3 Å². The van der Waals surface area contributed by atoms with Crippen LogP contribution in [0.15, 0.2) is 59.3 Å². The van der Waals surface area contributed by atoms with Crippen LogP contribution >= 0.6 is 11.6 Å². The molecule has 38 heavy (non-hydrogen) atoms. The molecule has 8 nitrogen and oxygen atoms in total. The maximum atomic E-state index is 13.6. The lowest BCUT2D eigenvalue weighted by atomic mass is 9.69. The number of halogens is 3. The van der Waals surface area contributed by atoms with E-state index in [1.165, 1.54) is 28.7 Å². The Balaban J connectivity index is 1.29. The topological polar surface area (TPSA) is 88.4 Å². The number of rotatable bonds is 5. The Morgan fingerprint density at radius 2 is 1.89 bits per heavy atom. The van der Waals surface area contributed by atoms with Crippen LogP contribution in [0.4, 0.5) is 14.6 Å². The van der Waals surface area contributed by atoms with Crippen molar-refractivity contribution in [3.05, 3.63) is 71.4 Å². The second kappa shape index (κ2) is 9.25.